The highest BCUT2D eigenvalue weighted by molar-refractivity contribution is 5.82. The third-order valence-corrected chi connectivity index (χ3v) is 4.78. The van der Waals surface area contributed by atoms with Crippen molar-refractivity contribution in [2.75, 3.05) is 19.6 Å². The van der Waals surface area contributed by atoms with Crippen LogP contribution >= 0.6 is 0 Å². The normalized spacial score (nSPS) is 19.9. The monoisotopic (exact) mass is 291 g/mol. The maximum atomic E-state index is 12.4. The fourth-order valence-corrected chi connectivity index (χ4v) is 3.22. The van der Waals surface area contributed by atoms with E-state index >= 15 is 0 Å². The zero-order valence-corrected chi connectivity index (χ0v) is 12.9. The smallest absolute Gasteiger partial charge is 0.229 e. The van der Waals surface area contributed by atoms with Gasteiger partial charge in [0.05, 0.1) is 23.3 Å². The van der Waals surface area contributed by atoms with Crippen LogP contribution in [0.2, 0.25) is 0 Å². The Kier molecular flexibility index (Phi) is 3.75. The SMILES string of the molecule is CC(C)(CN)C(=O)N1CCC(n2ncc3c2CNC3)CC1. The highest BCUT2D eigenvalue weighted by atomic mass is 16.2. The number of likely N-dealkylation sites (tertiary alicyclic amines) is 1. The van der Waals surface area contributed by atoms with Gasteiger partial charge in [-0.05, 0) is 26.7 Å². The maximum Gasteiger partial charge on any atom is 0.229 e. The van der Waals surface area contributed by atoms with Gasteiger partial charge in [-0.2, -0.15) is 5.10 Å². The van der Waals surface area contributed by atoms with E-state index < -0.39 is 5.41 Å². The molecule has 1 saturated heterocycles. The standard InChI is InChI=1S/C15H25N5O/c1-15(2,10-16)14(21)19-5-3-12(4-6-19)20-13-9-17-7-11(13)8-18-20/h8,12,17H,3-7,9-10,16H2,1-2H3. The van der Waals surface area contributed by atoms with E-state index in [1.165, 1.54) is 11.3 Å². The summed E-state index contributed by atoms with van der Waals surface area (Å²) in [7, 11) is 0. The molecule has 2 aliphatic heterocycles. The van der Waals surface area contributed by atoms with E-state index in [1.807, 2.05) is 24.9 Å². The van der Waals surface area contributed by atoms with Gasteiger partial charge in [0, 0.05) is 38.3 Å². The molecule has 6 heteroatoms. The fraction of sp³-hybridized carbons (Fsp3) is 0.733. The molecule has 1 amide bonds. The molecule has 0 radical (unpaired) electrons. The number of piperidine rings is 1. The minimum atomic E-state index is -0.455. The second-order valence-corrected chi connectivity index (χ2v) is 6.78. The summed E-state index contributed by atoms with van der Waals surface area (Å²) < 4.78 is 2.17. The van der Waals surface area contributed by atoms with E-state index in [9.17, 15) is 4.79 Å². The molecule has 1 aromatic rings. The van der Waals surface area contributed by atoms with E-state index in [-0.39, 0.29) is 5.91 Å². The summed E-state index contributed by atoms with van der Waals surface area (Å²) in [5.41, 5.74) is 7.90. The highest BCUT2D eigenvalue weighted by Gasteiger charge is 2.34. The van der Waals surface area contributed by atoms with Gasteiger partial charge >= 0.3 is 0 Å². The number of carbonyl (C=O) groups is 1. The van der Waals surface area contributed by atoms with Crippen LogP contribution in [0.3, 0.4) is 0 Å². The number of carbonyl (C=O) groups excluding carboxylic acids is 1. The van der Waals surface area contributed by atoms with Crippen molar-refractivity contribution in [1.82, 2.24) is 20.0 Å². The van der Waals surface area contributed by atoms with Crippen molar-refractivity contribution in [2.45, 2.75) is 45.8 Å². The van der Waals surface area contributed by atoms with Crippen LogP contribution in [0, 0.1) is 5.41 Å². The zero-order chi connectivity index (χ0) is 15.0. The summed E-state index contributed by atoms with van der Waals surface area (Å²) >= 11 is 0. The second-order valence-electron chi connectivity index (χ2n) is 6.78. The molecule has 0 aromatic carbocycles. The van der Waals surface area contributed by atoms with Gasteiger partial charge in [0.15, 0.2) is 0 Å². The van der Waals surface area contributed by atoms with Crippen LogP contribution in [0.15, 0.2) is 6.20 Å². The summed E-state index contributed by atoms with van der Waals surface area (Å²) in [6, 6.07) is 0.415. The van der Waals surface area contributed by atoms with Crippen LogP contribution < -0.4 is 11.1 Å². The zero-order valence-electron chi connectivity index (χ0n) is 12.9. The van der Waals surface area contributed by atoms with Crippen LogP contribution in [0.5, 0.6) is 0 Å². The number of hydrogen-bond donors (Lipinski definition) is 2. The average Bonchev–Trinajstić information content (AvgIpc) is 3.09. The first kappa shape index (κ1) is 14.5. The molecular formula is C15H25N5O. The van der Waals surface area contributed by atoms with Gasteiger partial charge in [0.1, 0.15) is 0 Å². The van der Waals surface area contributed by atoms with E-state index in [4.69, 9.17) is 5.73 Å². The van der Waals surface area contributed by atoms with Crippen LogP contribution in [-0.2, 0) is 17.9 Å². The van der Waals surface area contributed by atoms with Crippen molar-refractivity contribution >= 4 is 5.91 Å². The van der Waals surface area contributed by atoms with Gasteiger partial charge in [-0.3, -0.25) is 9.48 Å². The van der Waals surface area contributed by atoms with Crippen LogP contribution in [0.4, 0.5) is 0 Å². The number of fused-ring (bicyclic) bond motifs is 1. The first-order chi connectivity index (χ1) is 10.0. The van der Waals surface area contributed by atoms with Crippen molar-refractivity contribution < 1.29 is 4.79 Å². The van der Waals surface area contributed by atoms with E-state index in [0.29, 0.717) is 12.6 Å². The van der Waals surface area contributed by atoms with E-state index in [1.54, 1.807) is 0 Å². The van der Waals surface area contributed by atoms with Crippen LogP contribution in [0.1, 0.15) is 44.0 Å². The van der Waals surface area contributed by atoms with Crippen molar-refractivity contribution in [1.29, 1.82) is 0 Å². The molecule has 21 heavy (non-hydrogen) atoms. The summed E-state index contributed by atoms with van der Waals surface area (Å²) in [5.74, 6) is 0.177. The number of nitrogens with one attached hydrogen (secondary N) is 1. The summed E-state index contributed by atoms with van der Waals surface area (Å²) in [4.78, 5) is 14.4. The highest BCUT2D eigenvalue weighted by Crippen LogP contribution is 2.28. The summed E-state index contributed by atoms with van der Waals surface area (Å²) in [5, 5.41) is 7.91. The van der Waals surface area contributed by atoms with E-state index in [2.05, 4.69) is 15.1 Å². The summed E-state index contributed by atoms with van der Waals surface area (Å²) in [6.07, 6.45) is 3.92. The van der Waals surface area contributed by atoms with Gasteiger partial charge in [-0.15, -0.1) is 0 Å². The van der Waals surface area contributed by atoms with Crippen molar-refractivity contribution in [3.63, 3.8) is 0 Å². The average molecular weight is 291 g/mol. The fourth-order valence-electron chi connectivity index (χ4n) is 3.22. The summed E-state index contributed by atoms with van der Waals surface area (Å²) in [6.45, 7) is 7.68. The third kappa shape index (κ3) is 2.58. The van der Waals surface area contributed by atoms with Crippen LogP contribution in [-0.4, -0.2) is 40.2 Å². The first-order valence-corrected chi connectivity index (χ1v) is 7.78. The Morgan fingerprint density at radius 1 is 1.43 bits per heavy atom. The molecule has 2 aliphatic rings. The molecular weight excluding hydrogens is 266 g/mol. The third-order valence-electron chi connectivity index (χ3n) is 4.78. The molecule has 6 nitrogen and oxygen atoms in total. The lowest BCUT2D eigenvalue weighted by atomic mass is 9.90. The first-order valence-electron chi connectivity index (χ1n) is 7.78. The van der Waals surface area contributed by atoms with Gasteiger partial charge in [0.25, 0.3) is 0 Å². The molecule has 0 spiro atoms. The number of rotatable bonds is 3. The molecule has 0 aliphatic carbocycles. The quantitative estimate of drug-likeness (QED) is 0.856. The Bertz CT molecular complexity index is 528. The number of nitrogens with zero attached hydrogens (tertiary/aromatic N) is 3. The van der Waals surface area contributed by atoms with Gasteiger partial charge in [0.2, 0.25) is 5.91 Å². The van der Waals surface area contributed by atoms with Crippen LogP contribution in [0.25, 0.3) is 0 Å². The van der Waals surface area contributed by atoms with Crippen molar-refractivity contribution in [3.05, 3.63) is 17.5 Å². The lowest BCUT2D eigenvalue weighted by molar-refractivity contribution is -0.141. The molecule has 1 aromatic heterocycles. The molecule has 116 valence electrons. The van der Waals surface area contributed by atoms with E-state index in [0.717, 1.165) is 39.0 Å². The minimum Gasteiger partial charge on any atom is -0.342 e. The second kappa shape index (κ2) is 5.42. The topological polar surface area (TPSA) is 76.2 Å². The molecule has 0 unspecified atom stereocenters. The predicted octanol–water partition coefficient (Wildman–Crippen LogP) is 0.635. The lowest BCUT2D eigenvalue weighted by Gasteiger charge is -2.37. The largest absolute Gasteiger partial charge is 0.342 e. The Balaban J connectivity index is 1.64. The predicted molar refractivity (Wildman–Crippen MR) is 80.5 cm³/mol. The minimum absolute atomic E-state index is 0.177. The number of aromatic nitrogens is 2. The van der Waals surface area contributed by atoms with Gasteiger partial charge in [-0.25, -0.2) is 0 Å². The lowest BCUT2D eigenvalue weighted by Crippen LogP contribution is -2.48. The molecule has 3 rings (SSSR count). The molecule has 0 bridgehead atoms. The number of amides is 1. The Labute approximate surface area is 125 Å². The molecule has 3 N–H and O–H groups in total. The Morgan fingerprint density at radius 2 is 2.14 bits per heavy atom. The van der Waals surface area contributed by atoms with Gasteiger partial charge < -0.3 is 16.0 Å². The molecule has 0 atom stereocenters. The Morgan fingerprint density at radius 3 is 2.81 bits per heavy atom. The molecule has 0 saturated carbocycles. The number of nitrogens with two attached hydrogens (primary N) is 1. The molecule has 3 heterocycles. The number of hydrogen-bond acceptors (Lipinski definition) is 4. The Hall–Kier alpha value is -1.40. The maximum absolute atomic E-state index is 12.4. The van der Waals surface area contributed by atoms with Gasteiger partial charge in [-0.1, -0.05) is 0 Å². The molecule has 1 fully saturated rings. The van der Waals surface area contributed by atoms with Crippen molar-refractivity contribution in [3.8, 4) is 0 Å². The van der Waals surface area contributed by atoms with Crippen molar-refractivity contribution in [2.24, 2.45) is 11.1 Å².